The summed E-state index contributed by atoms with van der Waals surface area (Å²) in [5.74, 6) is 0. The molecular formula is C12H26N2O3S. The maximum atomic E-state index is 12.0. The van der Waals surface area contributed by atoms with Crippen LogP contribution in [0.3, 0.4) is 0 Å². The van der Waals surface area contributed by atoms with Gasteiger partial charge in [0.25, 0.3) is 10.2 Å². The molecule has 1 aliphatic rings. The Hall–Kier alpha value is -0.170. The summed E-state index contributed by atoms with van der Waals surface area (Å²) in [5, 5.41) is 8.71. The largest absolute Gasteiger partial charge is 0.396 e. The van der Waals surface area contributed by atoms with Crippen molar-refractivity contribution in [3.05, 3.63) is 0 Å². The van der Waals surface area contributed by atoms with E-state index in [9.17, 15) is 8.42 Å². The molecular weight excluding hydrogens is 252 g/mol. The first-order valence-electron chi connectivity index (χ1n) is 6.71. The Morgan fingerprint density at radius 3 is 2.44 bits per heavy atom. The van der Waals surface area contributed by atoms with E-state index in [1.165, 1.54) is 23.6 Å². The number of nitrogens with zero attached hydrogens (tertiary/aromatic N) is 1. The molecule has 1 rings (SSSR count). The van der Waals surface area contributed by atoms with Gasteiger partial charge in [-0.15, -0.1) is 0 Å². The number of hydrogen-bond acceptors (Lipinski definition) is 3. The molecule has 2 N–H and O–H groups in total. The molecule has 1 aliphatic carbocycles. The molecule has 108 valence electrons. The second kappa shape index (κ2) is 6.84. The second-order valence-electron chi connectivity index (χ2n) is 5.60. The van der Waals surface area contributed by atoms with E-state index in [0.717, 1.165) is 12.8 Å². The van der Waals surface area contributed by atoms with Crippen molar-refractivity contribution < 1.29 is 13.5 Å². The fourth-order valence-corrected chi connectivity index (χ4v) is 3.49. The first kappa shape index (κ1) is 15.9. The molecule has 0 atom stereocenters. The highest BCUT2D eigenvalue weighted by atomic mass is 32.2. The van der Waals surface area contributed by atoms with Gasteiger partial charge >= 0.3 is 0 Å². The average molecular weight is 278 g/mol. The van der Waals surface area contributed by atoms with Crippen molar-refractivity contribution in [3.63, 3.8) is 0 Å². The molecule has 1 saturated carbocycles. The van der Waals surface area contributed by atoms with Gasteiger partial charge in [-0.25, -0.2) is 4.72 Å². The number of nitrogens with one attached hydrogen (secondary N) is 1. The Morgan fingerprint density at radius 1 is 1.28 bits per heavy atom. The number of aliphatic hydroxyl groups excluding tert-OH is 1. The van der Waals surface area contributed by atoms with Crippen LogP contribution in [0.4, 0.5) is 0 Å². The van der Waals surface area contributed by atoms with Crippen LogP contribution in [0.25, 0.3) is 0 Å². The van der Waals surface area contributed by atoms with Gasteiger partial charge in [-0.1, -0.05) is 26.2 Å². The van der Waals surface area contributed by atoms with E-state index in [2.05, 4.69) is 11.6 Å². The zero-order valence-electron chi connectivity index (χ0n) is 11.5. The molecule has 18 heavy (non-hydrogen) atoms. The van der Waals surface area contributed by atoms with Crippen LogP contribution < -0.4 is 4.72 Å². The van der Waals surface area contributed by atoms with Gasteiger partial charge in [-0.3, -0.25) is 0 Å². The molecule has 6 heteroatoms. The van der Waals surface area contributed by atoms with Gasteiger partial charge in [0.05, 0.1) is 0 Å². The summed E-state index contributed by atoms with van der Waals surface area (Å²) in [6.07, 6.45) is 6.30. The fraction of sp³-hybridized carbons (Fsp3) is 1.00. The van der Waals surface area contributed by atoms with Crippen LogP contribution in [0.1, 0.15) is 45.4 Å². The summed E-state index contributed by atoms with van der Waals surface area (Å²) in [7, 11) is -1.85. The Bertz CT molecular complexity index is 337. The molecule has 0 bridgehead atoms. The molecule has 0 aromatic heterocycles. The number of rotatable bonds is 7. The van der Waals surface area contributed by atoms with Gasteiger partial charge in [0, 0.05) is 26.7 Å². The first-order valence-corrected chi connectivity index (χ1v) is 8.15. The molecule has 0 heterocycles. The van der Waals surface area contributed by atoms with Gasteiger partial charge in [0.15, 0.2) is 0 Å². The van der Waals surface area contributed by atoms with Crippen molar-refractivity contribution in [3.8, 4) is 0 Å². The minimum Gasteiger partial charge on any atom is -0.396 e. The standard InChI is InChI=1S/C12H26N2O3S/c1-12(7-4-3-5-8-12)11-13-18(16,17)14(2)9-6-10-15/h13,15H,3-11H2,1-2H3. The van der Waals surface area contributed by atoms with E-state index in [1.54, 1.807) is 7.05 Å². The van der Waals surface area contributed by atoms with Crippen molar-refractivity contribution in [2.24, 2.45) is 5.41 Å². The lowest BCUT2D eigenvalue weighted by Crippen LogP contribution is -2.44. The van der Waals surface area contributed by atoms with E-state index in [1.807, 2.05) is 0 Å². The van der Waals surface area contributed by atoms with E-state index < -0.39 is 10.2 Å². The lowest BCUT2D eigenvalue weighted by Gasteiger charge is -2.34. The zero-order valence-corrected chi connectivity index (χ0v) is 12.3. The molecule has 0 unspecified atom stereocenters. The van der Waals surface area contributed by atoms with Gasteiger partial charge < -0.3 is 5.11 Å². The third kappa shape index (κ3) is 4.84. The third-order valence-corrected chi connectivity index (χ3v) is 5.30. The summed E-state index contributed by atoms with van der Waals surface area (Å²) in [4.78, 5) is 0. The molecule has 0 saturated heterocycles. The summed E-state index contributed by atoms with van der Waals surface area (Å²) in [5.41, 5.74) is 0.100. The number of hydrogen-bond donors (Lipinski definition) is 2. The highest BCUT2D eigenvalue weighted by molar-refractivity contribution is 7.87. The van der Waals surface area contributed by atoms with E-state index in [-0.39, 0.29) is 12.0 Å². The average Bonchev–Trinajstić information content (AvgIpc) is 2.35. The minimum atomic E-state index is -3.40. The zero-order chi connectivity index (χ0) is 13.6. The van der Waals surface area contributed by atoms with Gasteiger partial charge in [0.1, 0.15) is 0 Å². The van der Waals surface area contributed by atoms with Crippen LogP contribution in [-0.2, 0) is 10.2 Å². The van der Waals surface area contributed by atoms with Gasteiger partial charge in [-0.05, 0) is 24.7 Å². The molecule has 0 amide bonds. The maximum absolute atomic E-state index is 12.0. The third-order valence-electron chi connectivity index (χ3n) is 3.78. The predicted octanol–water partition coefficient (Wildman–Crippen LogP) is 1.11. The van der Waals surface area contributed by atoms with Gasteiger partial charge in [0.2, 0.25) is 0 Å². The highest BCUT2D eigenvalue weighted by Crippen LogP contribution is 2.35. The normalized spacial score (nSPS) is 20.2. The molecule has 0 spiro atoms. The molecule has 0 radical (unpaired) electrons. The van der Waals surface area contributed by atoms with Crippen molar-refractivity contribution >= 4 is 10.2 Å². The SMILES string of the molecule is CN(CCCO)S(=O)(=O)NCC1(C)CCCCC1. The van der Waals surface area contributed by atoms with E-state index in [4.69, 9.17) is 5.11 Å². The van der Waals surface area contributed by atoms with Crippen LogP contribution in [0.5, 0.6) is 0 Å². The summed E-state index contributed by atoms with van der Waals surface area (Å²) in [6, 6.07) is 0. The Kier molecular flexibility index (Phi) is 6.04. The van der Waals surface area contributed by atoms with Crippen molar-refractivity contribution in [2.45, 2.75) is 45.4 Å². The van der Waals surface area contributed by atoms with Crippen LogP contribution >= 0.6 is 0 Å². The topological polar surface area (TPSA) is 69.6 Å². The quantitative estimate of drug-likeness (QED) is 0.733. The fourth-order valence-electron chi connectivity index (χ4n) is 2.37. The van der Waals surface area contributed by atoms with Crippen molar-refractivity contribution in [2.75, 3.05) is 26.7 Å². The molecule has 1 fully saturated rings. The predicted molar refractivity (Wildman–Crippen MR) is 72.4 cm³/mol. The Morgan fingerprint density at radius 2 is 1.89 bits per heavy atom. The lowest BCUT2D eigenvalue weighted by molar-refractivity contribution is 0.217. The van der Waals surface area contributed by atoms with E-state index >= 15 is 0 Å². The second-order valence-corrected chi connectivity index (χ2v) is 7.46. The summed E-state index contributed by atoms with van der Waals surface area (Å²) >= 11 is 0. The highest BCUT2D eigenvalue weighted by Gasteiger charge is 2.29. The molecule has 0 aliphatic heterocycles. The van der Waals surface area contributed by atoms with Crippen LogP contribution in [-0.4, -0.2) is 44.6 Å². The molecule has 0 aromatic rings. The maximum Gasteiger partial charge on any atom is 0.279 e. The van der Waals surface area contributed by atoms with Crippen LogP contribution in [0.15, 0.2) is 0 Å². The first-order chi connectivity index (χ1) is 8.40. The summed E-state index contributed by atoms with van der Waals surface area (Å²) < 4.78 is 27.9. The molecule has 0 aromatic carbocycles. The van der Waals surface area contributed by atoms with Crippen LogP contribution in [0.2, 0.25) is 0 Å². The van der Waals surface area contributed by atoms with Crippen molar-refractivity contribution in [1.82, 2.24) is 9.03 Å². The Labute approximate surface area is 111 Å². The van der Waals surface area contributed by atoms with E-state index in [0.29, 0.717) is 19.5 Å². The summed E-state index contributed by atoms with van der Waals surface area (Å²) in [6.45, 7) is 3.03. The smallest absolute Gasteiger partial charge is 0.279 e. The number of aliphatic hydroxyl groups is 1. The monoisotopic (exact) mass is 278 g/mol. The Balaban J connectivity index is 2.45. The van der Waals surface area contributed by atoms with Crippen molar-refractivity contribution in [1.29, 1.82) is 0 Å². The molecule has 5 nitrogen and oxygen atoms in total. The minimum absolute atomic E-state index is 0.0115. The van der Waals surface area contributed by atoms with Crippen LogP contribution in [0, 0.1) is 5.41 Å². The van der Waals surface area contributed by atoms with Gasteiger partial charge in [-0.2, -0.15) is 12.7 Å². The lowest BCUT2D eigenvalue weighted by atomic mass is 9.76.